The lowest BCUT2D eigenvalue weighted by atomic mass is 10.0. The number of rotatable bonds is 4. The van der Waals surface area contributed by atoms with E-state index in [1.165, 1.54) is 12.1 Å². The second-order valence-electron chi connectivity index (χ2n) is 4.90. The van der Waals surface area contributed by atoms with Gasteiger partial charge < -0.3 is 15.5 Å². The van der Waals surface area contributed by atoms with Gasteiger partial charge in [-0.2, -0.15) is 0 Å². The molecule has 0 amide bonds. The Labute approximate surface area is 123 Å². The van der Waals surface area contributed by atoms with E-state index in [1.54, 1.807) is 6.07 Å². The van der Waals surface area contributed by atoms with Crippen LogP contribution in [0.3, 0.4) is 0 Å². The number of nitrogens with one attached hydrogen (secondary N) is 1. The van der Waals surface area contributed by atoms with E-state index in [0.29, 0.717) is 10.6 Å². The fourth-order valence-corrected chi connectivity index (χ4v) is 2.33. The highest BCUT2D eigenvalue weighted by Gasteiger charge is 2.14. The SMILES string of the molecule is CC(N[C@@H](C)c1ccc(Cl)cc1)c1cc(O)ccc1O. The highest BCUT2D eigenvalue weighted by Crippen LogP contribution is 2.29. The van der Waals surface area contributed by atoms with Crippen LogP contribution in [0.4, 0.5) is 0 Å². The monoisotopic (exact) mass is 291 g/mol. The van der Waals surface area contributed by atoms with Crippen LogP contribution in [0.2, 0.25) is 5.02 Å². The minimum Gasteiger partial charge on any atom is -0.508 e. The molecule has 0 aromatic heterocycles. The largest absolute Gasteiger partial charge is 0.508 e. The number of phenolic OH excluding ortho intramolecular Hbond substituents is 2. The third kappa shape index (κ3) is 3.44. The average molecular weight is 292 g/mol. The van der Waals surface area contributed by atoms with Crippen molar-refractivity contribution in [1.29, 1.82) is 0 Å². The van der Waals surface area contributed by atoms with Gasteiger partial charge in [0.1, 0.15) is 11.5 Å². The molecule has 2 atom stereocenters. The molecule has 0 spiro atoms. The van der Waals surface area contributed by atoms with Crippen molar-refractivity contribution >= 4 is 11.6 Å². The van der Waals surface area contributed by atoms with Crippen molar-refractivity contribution in [3.63, 3.8) is 0 Å². The quantitative estimate of drug-likeness (QED) is 0.741. The summed E-state index contributed by atoms with van der Waals surface area (Å²) in [6, 6.07) is 12.2. The van der Waals surface area contributed by atoms with Crippen molar-refractivity contribution in [2.75, 3.05) is 0 Å². The zero-order valence-corrected chi connectivity index (χ0v) is 12.2. The van der Waals surface area contributed by atoms with Crippen molar-refractivity contribution in [2.24, 2.45) is 0 Å². The number of hydrogen-bond donors (Lipinski definition) is 3. The molecule has 0 saturated carbocycles. The second kappa shape index (κ2) is 6.16. The van der Waals surface area contributed by atoms with E-state index in [4.69, 9.17) is 11.6 Å². The molecule has 106 valence electrons. The molecular weight excluding hydrogens is 274 g/mol. The molecule has 0 saturated heterocycles. The summed E-state index contributed by atoms with van der Waals surface area (Å²) < 4.78 is 0. The highest BCUT2D eigenvalue weighted by atomic mass is 35.5. The smallest absolute Gasteiger partial charge is 0.120 e. The molecule has 0 aliphatic carbocycles. The number of halogens is 1. The summed E-state index contributed by atoms with van der Waals surface area (Å²) >= 11 is 5.87. The molecule has 20 heavy (non-hydrogen) atoms. The van der Waals surface area contributed by atoms with E-state index in [-0.39, 0.29) is 23.6 Å². The lowest BCUT2D eigenvalue weighted by Gasteiger charge is -2.21. The van der Waals surface area contributed by atoms with Gasteiger partial charge in [0.05, 0.1) is 0 Å². The summed E-state index contributed by atoms with van der Waals surface area (Å²) in [4.78, 5) is 0. The molecule has 3 N–H and O–H groups in total. The van der Waals surface area contributed by atoms with Gasteiger partial charge in [0.2, 0.25) is 0 Å². The van der Waals surface area contributed by atoms with E-state index < -0.39 is 0 Å². The van der Waals surface area contributed by atoms with E-state index in [1.807, 2.05) is 38.1 Å². The van der Waals surface area contributed by atoms with Crippen molar-refractivity contribution in [1.82, 2.24) is 5.32 Å². The molecule has 0 aliphatic rings. The van der Waals surface area contributed by atoms with Crippen LogP contribution in [0.15, 0.2) is 42.5 Å². The Hall–Kier alpha value is -1.71. The maximum absolute atomic E-state index is 9.86. The Kier molecular flexibility index (Phi) is 4.53. The van der Waals surface area contributed by atoms with E-state index in [9.17, 15) is 10.2 Å². The Balaban J connectivity index is 2.12. The first kappa shape index (κ1) is 14.7. The van der Waals surface area contributed by atoms with Gasteiger partial charge in [0, 0.05) is 22.7 Å². The highest BCUT2D eigenvalue weighted by molar-refractivity contribution is 6.30. The van der Waals surface area contributed by atoms with Crippen LogP contribution in [0, 0.1) is 0 Å². The number of aromatic hydroxyl groups is 2. The standard InChI is InChI=1S/C16H18ClNO2/c1-10(12-3-5-13(17)6-4-12)18-11(2)15-9-14(19)7-8-16(15)20/h3-11,18-20H,1-2H3/t10-,11?/m0/s1. The van der Waals surface area contributed by atoms with Crippen molar-refractivity contribution in [2.45, 2.75) is 25.9 Å². The van der Waals surface area contributed by atoms with Gasteiger partial charge in [-0.1, -0.05) is 23.7 Å². The fourth-order valence-electron chi connectivity index (χ4n) is 2.20. The molecule has 2 aromatic rings. The van der Waals surface area contributed by atoms with Gasteiger partial charge in [0.25, 0.3) is 0 Å². The summed E-state index contributed by atoms with van der Waals surface area (Å²) in [5, 5.41) is 23.5. The maximum atomic E-state index is 9.86. The van der Waals surface area contributed by atoms with Crippen LogP contribution >= 0.6 is 11.6 Å². The number of phenols is 2. The molecule has 0 bridgehead atoms. The van der Waals surface area contributed by atoms with Crippen LogP contribution < -0.4 is 5.32 Å². The Morgan fingerprint density at radius 3 is 2.25 bits per heavy atom. The van der Waals surface area contributed by atoms with Crippen LogP contribution in [0.5, 0.6) is 11.5 Å². The first-order valence-corrected chi connectivity index (χ1v) is 6.88. The predicted octanol–water partition coefficient (Wildman–Crippen LogP) is 4.16. The van der Waals surface area contributed by atoms with Gasteiger partial charge in [-0.05, 0) is 49.7 Å². The zero-order valence-electron chi connectivity index (χ0n) is 11.5. The summed E-state index contributed by atoms with van der Waals surface area (Å²) in [6.07, 6.45) is 0. The third-order valence-corrected chi connectivity index (χ3v) is 3.60. The molecule has 4 heteroatoms. The molecular formula is C16H18ClNO2. The van der Waals surface area contributed by atoms with Crippen LogP contribution in [-0.4, -0.2) is 10.2 Å². The number of benzene rings is 2. The normalized spacial score (nSPS) is 13.9. The van der Waals surface area contributed by atoms with Crippen LogP contribution in [-0.2, 0) is 0 Å². The topological polar surface area (TPSA) is 52.5 Å². The summed E-state index contributed by atoms with van der Waals surface area (Å²) in [5.74, 6) is 0.316. The van der Waals surface area contributed by atoms with Gasteiger partial charge in [0.15, 0.2) is 0 Å². The first-order chi connectivity index (χ1) is 9.47. The van der Waals surface area contributed by atoms with Crippen molar-refractivity contribution < 1.29 is 10.2 Å². The lowest BCUT2D eigenvalue weighted by Crippen LogP contribution is -2.22. The molecule has 0 aliphatic heterocycles. The Morgan fingerprint density at radius 2 is 1.60 bits per heavy atom. The molecule has 1 unspecified atom stereocenters. The van der Waals surface area contributed by atoms with E-state index in [2.05, 4.69) is 5.32 Å². The lowest BCUT2D eigenvalue weighted by molar-refractivity contribution is 0.429. The molecule has 2 rings (SSSR count). The van der Waals surface area contributed by atoms with Gasteiger partial charge >= 0.3 is 0 Å². The summed E-state index contributed by atoms with van der Waals surface area (Å²) in [6.45, 7) is 3.99. The maximum Gasteiger partial charge on any atom is 0.120 e. The zero-order chi connectivity index (χ0) is 14.7. The van der Waals surface area contributed by atoms with Crippen molar-refractivity contribution in [3.8, 4) is 11.5 Å². The van der Waals surface area contributed by atoms with Crippen molar-refractivity contribution in [3.05, 3.63) is 58.6 Å². The molecule has 0 heterocycles. The molecule has 2 aromatic carbocycles. The first-order valence-electron chi connectivity index (χ1n) is 6.50. The molecule has 3 nitrogen and oxygen atoms in total. The second-order valence-corrected chi connectivity index (χ2v) is 5.34. The van der Waals surface area contributed by atoms with Crippen LogP contribution in [0.1, 0.15) is 37.1 Å². The minimum absolute atomic E-state index is 0.0900. The fraction of sp³-hybridized carbons (Fsp3) is 0.250. The van der Waals surface area contributed by atoms with E-state index in [0.717, 1.165) is 5.56 Å². The number of hydrogen-bond acceptors (Lipinski definition) is 3. The summed E-state index contributed by atoms with van der Waals surface area (Å²) in [7, 11) is 0. The van der Waals surface area contributed by atoms with Gasteiger partial charge in [-0.25, -0.2) is 0 Å². The predicted molar refractivity (Wildman–Crippen MR) is 81.2 cm³/mol. The Bertz CT molecular complexity index is 584. The third-order valence-electron chi connectivity index (χ3n) is 3.35. The Morgan fingerprint density at radius 1 is 0.950 bits per heavy atom. The average Bonchev–Trinajstić information content (AvgIpc) is 2.42. The molecule has 0 radical (unpaired) electrons. The van der Waals surface area contributed by atoms with Crippen LogP contribution in [0.25, 0.3) is 0 Å². The summed E-state index contributed by atoms with van der Waals surface area (Å²) in [5.41, 5.74) is 1.78. The van der Waals surface area contributed by atoms with E-state index >= 15 is 0 Å². The van der Waals surface area contributed by atoms with Gasteiger partial charge in [-0.15, -0.1) is 0 Å². The van der Waals surface area contributed by atoms with Gasteiger partial charge in [-0.3, -0.25) is 0 Å². The minimum atomic E-state index is -0.0900. The molecule has 0 fully saturated rings.